The second-order valence-corrected chi connectivity index (χ2v) is 4.60. The largest absolute Gasteiger partial charge is 0.481 e. The van der Waals surface area contributed by atoms with Crippen LogP contribution in [0, 0.1) is 5.92 Å². The lowest BCUT2D eigenvalue weighted by Gasteiger charge is -2.14. The van der Waals surface area contributed by atoms with Gasteiger partial charge in [-0.05, 0) is 13.3 Å². The highest BCUT2D eigenvalue weighted by Crippen LogP contribution is 2.13. The van der Waals surface area contributed by atoms with E-state index in [0.717, 1.165) is 12.8 Å². The van der Waals surface area contributed by atoms with Crippen LogP contribution in [0.25, 0.3) is 0 Å². The monoisotopic (exact) mass is 230 g/mol. The van der Waals surface area contributed by atoms with Gasteiger partial charge in [0.05, 0.1) is 12.0 Å². The van der Waals surface area contributed by atoms with Crippen LogP contribution in [0.5, 0.6) is 0 Å². The van der Waals surface area contributed by atoms with Crippen LogP contribution in [-0.2, 0) is 4.79 Å². The maximum atomic E-state index is 10.6. The molecule has 0 aliphatic heterocycles. The van der Waals surface area contributed by atoms with E-state index in [-0.39, 0.29) is 0 Å². The first kappa shape index (κ1) is 15.4. The SMILES string of the molecule is CCCCCCCCC[C@@H](O)[C@H](C)C(=O)O. The lowest BCUT2D eigenvalue weighted by molar-refractivity contribution is -0.144. The van der Waals surface area contributed by atoms with Crippen molar-refractivity contribution in [1.29, 1.82) is 0 Å². The number of aliphatic carboxylic acids is 1. The summed E-state index contributed by atoms with van der Waals surface area (Å²) < 4.78 is 0. The van der Waals surface area contributed by atoms with E-state index in [1.165, 1.54) is 32.1 Å². The lowest BCUT2D eigenvalue weighted by atomic mass is 9.98. The van der Waals surface area contributed by atoms with E-state index in [4.69, 9.17) is 5.11 Å². The number of carboxylic acid groups (broad SMARTS) is 1. The summed E-state index contributed by atoms with van der Waals surface area (Å²) in [5.41, 5.74) is 0. The quantitative estimate of drug-likeness (QED) is 0.567. The summed E-state index contributed by atoms with van der Waals surface area (Å²) in [5, 5.41) is 18.2. The van der Waals surface area contributed by atoms with Gasteiger partial charge in [-0.1, -0.05) is 51.9 Å². The molecule has 0 heterocycles. The third-order valence-electron chi connectivity index (χ3n) is 3.07. The van der Waals surface area contributed by atoms with Crippen LogP contribution >= 0.6 is 0 Å². The van der Waals surface area contributed by atoms with E-state index in [9.17, 15) is 9.90 Å². The predicted octanol–water partition coefficient (Wildman–Crippen LogP) is 3.21. The molecule has 0 saturated heterocycles. The highest BCUT2D eigenvalue weighted by Gasteiger charge is 2.20. The standard InChI is InChI=1S/C13H26O3/c1-3-4-5-6-7-8-9-10-12(14)11(2)13(15)16/h11-12,14H,3-10H2,1-2H3,(H,15,16)/t11-,12+/m0/s1. The van der Waals surface area contributed by atoms with Crippen molar-refractivity contribution < 1.29 is 15.0 Å². The topological polar surface area (TPSA) is 57.5 Å². The van der Waals surface area contributed by atoms with E-state index < -0.39 is 18.0 Å². The van der Waals surface area contributed by atoms with E-state index in [1.54, 1.807) is 6.92 Å². The Balaban J connectivity index is 3.34. The van der Waals surface area contributed by atoms with Crippen LogP contribution in [-0.4, -0.2) is 22.3 Å². The average Bonchev–Trinajstić information content (AvgIpc) is 2.26. The summed E-state index contributed by atoms with van der Waals surface area (Å²) in [6.45, 7) is 3.76. The molecule has 16 heavy (non-hydrogen) atoms. The Kier molecular flexibility index (Phi) is 9.30. The first-order valence-corrected chi connectivity index (χ1v) is 6.50. The lowest BCUT2D eigenvalue weighted by Crippen LogP contribution is -2.25. The second-order valence-electron chi connectivity index (χ2n) is 4.60. The molecule has 0 aromatic rings. The van der Waals surface area contributed by atoms with Gasteiger partial charge in [0.2, 0.25) is 0 Å². The van der Waals surface area contributed by atoms with Gasteiger partial charge in [0.25, 0.3) is 0 Å². The van der Waals surface area contributed by atoms with Crippen LogP contribution in [0.4, 0.5) is 0 Å². The number of hydrogen-bond donors (Lipinski definition) is 2. The third-order valence-corrected chi connectivity index (χ3v) is 3.07. The molecular weight excluding hydrogens is 204 g/mol. The van der Waals surface area contributed by atoms with E-state index in [1.807, 2.05) is 0 Å². The Labute approximate surface area is 98.9 Å². The van der Waals surface area contributed by atoms with Gasteiger partial charge < -0.3 is 10.2 Å². The van der Waals surface area contributed by atoms with Crippen molar-refractivity contribution in [2.45, 2.75) is 71.3 Å². The Morgan fingerprint density at radius 2 is 1.56 bits per heavy atom. The fourth-order valence-corrected chi connectivity index (χ4v) is 1.73. The number of hydrogen-bond acceptors (Lipinski definition) is 2. The molecule has 0 amide bonds. The molecule has 0 aromatic carbocycles. The van der Waals surface area contributed by atoms with E-state index in [0.29, 0.717) is 6.42 Å². The smallest absolute Gasteiger partial charge is 0.308 e. The minimum absolute atomic E-state index is 0.612. The normalized spacial score (nSPS) is 14.7. The molecule has 0 unspecified atom stereocenters. The molecule has 2 N–H and O–H groups in total. The summed E-state index contributed by atoms with van der Waals surface area (Å²) in [5.74, 6) is -1.55. The molecule has 96 valence electrons. The van der Waals surface area contributed by atoms with Crippen molar-refractivity contribution in [3.8, 4) is 0 Å². The van der Waals surface area contributed by atoms with Crippen molar-refractivity contribution in [1.82, 2.24) is 0 Å². The van der Waals surface area contributed by atoms with Crippen molar-refractivity contribution in [3.05, 3.63) is 0 Å². The first-order valence-electron chi connectivity index (χ1n) is 6.50. The zero-order chi connectivity index (χ0) is 12.4. The molecule has 3 heteroatoms. The van der Waals surface area contributed by atoms with Gasteiger partial charge in [-0.15, -0.1) is 0 Å². The molecule has 0 aromatic heterocycles. The average molecular weight is 230 g/mol. The number of carbonyl (C=O) groups is 1. The number of rotatable bonds is 10. The molecular formula is C13H26O3. The van der Waals surface area contributed by atoms with Crippen LogP contribution in [0.15, 0.2) is 0 Å². The molecule has 0 aliphatic carbocycles. The van der Waals surface area contributed by atoms with Gasteiger partial charge in [-0.2, -0.15) is 0 Å². The third kappa shape index (κ3) is 7.69. The Morgan fingerprint density at radius 1 is 1.06 bits per heavy atom. The number of aliphatic hydroxyl groups is 1. The first-order chi connectivity index (χ1) is 7.59. The van der Waals surface area contributed by atoms with Crippen LogP contribution in [0.2, 0.25) is 0 Å². The molecule has 0 aliphatic rings. The van der Waals surface area contributed by atoms with Crippen LogP contribution < -0.4 is 0 Å². The Bertz CT molecular complexity index is 180. The van der Waals surface area contributed by atoms with Gasteiger partial charge in [0.1, 0.15) is 0 Å². The van der Waals surface area contributed by atoms with Crippen molar-refractivity contribution in [3.63, 3.8) is 0 Å². The summed E-state index contributed by atoms with van der Waals surface area (Å²) in [6, 6.07) is 0. The highest BCUT2D eigenvalue weighted by atomic mass is 16.4. The molecule has 3 nitrogen and oxygen atoms in total. The maximum Gasteiger partial charge on any atom is 0.308 e. The molecule has 0 saturated carbocycles. The number of carboxylic acids is 1. The number of aliphatic hydroxyl groups excluding tert-OH is 1. The summed E-state index contributed by atoms with van der Waals surface area (Å²) in [6.07, 6.45) is 8.29. The zero-order valence-corrected chi connectivity index (χ0v) is 10.6. The van der Waals surface area contributed by atoms with E-state index in [2.05, 4.69) is 6.92 Å². The van der Waals surface area contributed by atoms with Crippen LogP contribution in [0.3, 0.4) is 0 Å². The molecule has 2 atom stereocenters. The molecule has 0 rings (SSSR count). The summed E-state index contributed by atoms with van der Waals surface area (Å²) >= 11 is 0. The highest BCUT2D eigenvalue weighted by molar-refractivity contribution is 5.70. The van der Waals surface area contributed by atoms with Gasteiger partial charge in [-0.25, -0.2) is 0 Å². The zero-order valence-electron chi connectivity index (χ0n) is 10.6. The molecule has 0 bridgehead atoms. The van der Waals surface area contributed by atoms with Crippen LogP contribution in [0.1, 0.15) is 65.2 Å². The molecule has 0 spiro atoms. The second kappa shape index (κ2) is 9.64. The fourth-order valence-electron chi connectivity index (χ4n) is 1.73. The Hall–Kier alpha value is -0.570. The van der Waals surface area contributed by atoms with Gasteiger partial charge in [0.15, 0.2) is 0 Å². The van der Waals surface area contributed by atoms with Crippen molar-refractivity contribution >= 4 is 5.97 Å². The minimum atomic E-state index is -0.907. The molecule has 0 radical (unpaired) electrons. The van der Waals surface area contributed by atoms with Gasteiger partial charge in [0, 0.05) is 0 Å². The number of unbranched alkanes of at least 4 members (excludes halogenated alkanes) is 6. The fraction of sp³-hybridized carbons (Fsp3) is 0.923. The Morgan fingerprint density at radius 3 is 2.06 bits per heavy atom. The summed E-state index contributed by atoms with van der Waals surface area (Å²) in [4.78, 5) is 10.6. The van der Waals surface area contributed by atoms with Gasteiger partial charge in [-0.3, -0.25) is 4.79 Å². The van der Waals surface area contributed by atoms with Gasteiger partial charge >= 0.3 is 5.97 Å². The molecule has 0 fully saturated rings. The maximum absolute atomic E-state index is 10.6. The minimum Gasteiger partial charge on any atom is -0.481 e. The predicted molar refractivity (Wildman–Crippen MR) is 65.4 cm³/mol. The van der Waals surface area contributed by atoms with Crippen molar-refractivity contribution in [2.24, 2.45) is 5.92 Å². The summed E-state index contributed by atoms with van der Waals surface area (Å²) in [7, 11) is 0. The van der Waals surface area contributed by atoms with Crippen molar-refractivity contribution in [2.75, 3.05) is 0 Å². The van der Waals surface area contributed by atoms with E-state index >= 15 is 0 Å².